The molecule has 0 bridgehead atoms. The van der Waals surface area contributed by atoms with Gasteiger partial charge in [-0.2, -0.15) is 0 Å². The standard InChI is InChI=1S/C17H28N2O/c1-4-18-15-9-11-16(12-10-15)19(2)13-14-7-5-6-8-17(14)20-3/h5-8,15-16,18H,4,9-13H2,1-3H3. The highest BCUT2D eigenvalue weighted by Crippen LogP contribution is 2.25. The zero-order valence-corrected chi connectivity index (χ0v) is 13.1. The molecule has 0 unspecified atom stereocenters. The minimum Gasteiger partial charge on any atom is -0.496 e. The number of benzene rings is 1. The minimum absolute atomic E-state index is 0.704. The first-order valence-corrected chi connectivity index (χ1v) is 7.80. The van der Waals surface area contributed by atoms with E-state index in [1.54, 1.807) is 7.11 Å². The van der Waals surface area contributed by atoms with E-state index >= 15 is 0 Å². The molecule has 1 aromatic rings. The molecule has 20 heavy (non-hydrogen) atoms. The molecule has 3 heteroatoms. The largest absolute Gasteiger partial charge is 0.496 e. The van der Waals surface area contributed by atoms with E-state index in [1.807, 2.05) is 12.1 Å². The molecule has 0 radical (unpaired) electrons. The molecule has 0 spiro atoms. The average Bonchev–Trinajstić information content (AvgIpc) is 2.49. The number of rotatable bonds is 6. The Bertz CT molecular complexity index is 400. The van der Waals surface area contributed by atoms with Crippen LogP contribution in [0.15, 0.2) is 24.3 Å². The van der Waals surface area contributed by atoms with Crippen molar-refractivity contribution in [3.05, 3.63) is 29.8 Å². The predicted octanol–water partition coefficient (Wildman–Crippen LogP) is 3.05. The van der Waals surface area contributed by atoms with Crippen LogP contribution in [-0.2, 0) is 6.54 Å². The van der Waals surface area contributed by atoms with Crippen LogP contribution in [0.1, 0.15) is 38.2 Å². The Morgan fingerprint density at radius 2 is 1.90 bits per heavy atom. The van der Waals surface area contributed by atoms with Crippen molar-refractivity contribution in [2.75, 3.05) is 20.7 Å². The van der Waals surface area contributed by atoms with Gasteiger partial charge in [0, 0.05) is 24.2 Å². The highest BCUT2D eigenvalue weighted by Gasteiger charge is 2.23. The number of para-hydroxylation sites is 1. The molecule has 3 nitrogen and oxygen atoms in total. The maximum Gasteiger partial charge on any atom is 0.123 e. The third-order valence-corrected chi connectivity index (χ3v) is 4.43. The fraction of sp³-hybridized carbons (Fsp3) is 0.647. The van der Waals surface area contributed by atoms with Gasteiger partial charge in [0.25, 0.3) is 0 Å². The highest BCUT2D eigenvalue weighted by molar-refractivity contribution is 5.33. The molecule has 2 rings (SSSR count). The maximum absolute atomic E-state index is 5.45. The first-order chi connectivity index (χ1) is 9.74. The zero-order valence-electron chi connectivity index (χ0n) is 13.1. The summed E-state index contributed by atoms with van der Waals surface area (Å²) in [6, 6.07) is 9.77. The van der Waals surface area contributed by atoms with Crippen LogP contribution in [0.2, 0.25) is 0 Å². The van der Waals surface area contributed by atoms with Gasteiger partial charge in [-0.1, -0.05) is 25.1 Å². The lowest BCUT2D eigenvalue weighted by molar-refractivity contribution is 0.167. The van der Waals surface area contributed by atoms with E-state index in [-0.39, 0.29) is 0 Å². The Balaban J connectivity index is 1.88. The van der Waals surface area contributed by atoms with Crippen molar-refractivity contribution < 1.29 is 4.74 Å². The van der Waals surface area contributed by atoms with E-state index in [1.165, 1.54) is 31.2 Å². The van der Waals surface area contributed by atoms with Gasteiger partial charge in [-0.25, -0.2) is 0 Å². The van der Waals surface area contributed by atoms with Crippen molar-refractivity contribution in [2.45, 2.75) is 51.2 Å². The van der Waals surface area contributed by atoms with Crippen LogP contribution in [0.25, 0.3) is 0 Å². The van der Waals surface area contributed by atoms with Crippen molar-refractivity contribution >= 4 is 0 Å². The lowest BCUT2D eigenvalue weighted by atomic mass is 9.90. The quantitative estimate of drug-likeness (QED) is 0.864. The molecule has 1 fully saturated rings. The second kappa shape index (κ2) is 7.65. The summed E-state index contributed by atoms with van der Waals surface area (Å²) in [5, 5.41) is 3.57. The Morgan fingerprint density at radius 3 is 2.55 bits per heavy atom. The molecule has 1 aliphatic rings. The first kappa shape index (κ1) is 15.3. The fourth-order valence-electron chi connectivity index (χ4n) is 3.24. The third-order valence-electron chi connectivity index (χ3n) is 4.43. The molecular weight excluding hydrogens is 248 g/mol. The van der Waals surface area contributed by atoms with Gasteiger partial charge in [0.15, 0.2) is 0 Å². The summed E-state index contributed by atoms with van der Waals surface area (Å²) in [6.07, 6.45) is 5.19. The van der Waals surface area contributed by atoms with E-state index in [2.05, 4.69) is 36.3 Å². The molecule has 112 valence electrons. The van der Waals surface area contributed by atoms with E-state index in [0.29, 0.717) is 6.04 Å². The number of hydrogen-bond donors (Lipinski definition) is 1. The number of hydrogen-bond acceptors (Lipinski definition) is 3. The number of nitrogens with one attached hydrogen (secondary N) is 1. The summed E-state index contributed by atoms with van der Waals surface area (Å²) in [5.41, 5.74) is 1.28. The summed E-state index contributed by atoms with van der Waals surface area (Å²) >= 11 is 0. The molecule has 0 amide bonds. The van der Waals surface area contributed by atoms with E-state index in [0.717, 1.165) is 24.9 Å². The highest BCUT2D eigenvalue weighted by atomic mass is 16.5. The Labute approximate surface area is 123 Å². The average molecular weight is 276 g/mol. The predicted molar refractivity (Wildman–Crippen MR) is 84.2 cm³/mol. The van der Waals surface area contributed by atoms with Crippen molar-refractivity contribution in [3.8, 4) is 5.75 Å². The summed E-state index contributed by atoms with van der Waals surface area (Å²) in [5.74, 6) is 1.00. The van der Waals surface area contributed by atoms with Crippen LogP contribution < -0.4 is 10.1 Å². The summed E-state index contributed by atoms with van der Waals surface area (Å²) < 4.78 is 5.45. The van der Waals surface area contributed by atoms with Gasteiger partial charge in [-0.05, 0) is 45.3 Å². The van der Waals surface area contributed by atoms with E-state index in [9.17, 15) is 0 Å². The molecule has 1 saturated carbocycles. The second-order valence-electron chi connectivity index (χ2n) is 5.79. The second-order valence-corrected chi connectivity index (χ2v) is 5.79. The number of nitrogens with zero attached hydrogens (tertiary/aromatic N) is 1. The number of methoxy groups -OCH3 is 1. The number of ether oxygens (including phenoxy) is 1. The van der Waals surface area contributed by atoms with E-state index < -0.39 is 0 Å². The molecular formula is C17H28N2O. The van der Waals surface area contributed by atoms with Crippen LogP contribution in [0.4, 0.5) is 0 Å². The molecule has 0 atom stereocenters. The maximum atomic E-state index is 5.45. The van der Waals surface area contributed by atoms with Crippen molar-refractivity contribution in [2.24, 2.45) is 0 Å². The lowest BCUT2D eigenvalue weighted by Crippen LogP contribution is -2.40. The normalized spacial score (nSPS) is 23.0. The van der Waals surface area contributed by atoms with Gasteiger partial charge >= 0.3 is 0 Å². The molecule has 0 heterocycles. The lowest BCUT2D eigenvalue weighted by Gasteiger charge is -2.35. The Kier molecular flexibility index (Phi) is 5.86. The Hall–Kier alpha value is -1.06. The molecule has 0 aromatic heterocycles. The van der Waals surface area contributed by atoms with Gasteiger partial charge in [0.1, 0.15) is 5.75 Å². The monoisotopic (exact) mass is 276 g/mol. The molecule has 1 aromatic carbocycles. The van der Waals surface area contributed by atoms with Crippen LogP contribution in [-0.4, -0.2) is 37.7 Å². The van der Waals surface area contributed by atoms with Gasteiger partial charge in [-0.3, -0.25) is 4.90 Å². The molecule has 0 aliphatic heterocycles. The van der Waals surface area contributed by atoms with Gasteiger partial charge in [-0.15, -0.1) is 0 Å². The van der Waals surface area contributed by atoms with Crippen LogP contribution >= 0.6 is 0 Å². The topological polar surface area (TPSA) is 24.5 Å². The molecule has 1 aliphatic carbocycles. The molecule has 0 saturated heterocycles. The smallest absolute Gasteiger partial charge is 0.123 e. The van der Waals surface area contributed by atoms with Crippen molar-refractivity contribution in [1.29, 1.82) is 0 Å². The third kappa shape index (κ3) is 3.97. The SMILES string of the molecule is CCNC1CCC(N(C)Cc2ccccc2OC)CC1. The fourth-order valence-corrected chi connectivity index (χ4v) is 3.24. The van der Waals surface area contributed by atoms with Crippen molar-refractivity contribution in [1.82, 2.24) is 10.2 Å². The van der Waals surface area contributed by atoms with Crippen LogP contribution in [0.5, 0.6) is 5.75 Å². The summed E-state index contributed by atoms with van der Waals surface area (Å²) in [4.78, 5) is 2.49. The molecule has 1 N–H and O–H groups in total. The van der Waals surface area contributed by atoms with Gasteiger partial charge < -0.3 is 10.1 Å². The Morgan fingerprint density at radius 1 is 1.20 bits per heavy atom. The van der Waals surface area contributed by atoms with Crippen LogP contribution in [0, 0.1) is 0 Å². The van der Waals surface area contributed by atoms with Crippen LogP contribution in [0.3, 0.4) is 0 Å². The minimum atomic E-state index is 0.704. The van der Waals surface area contributed by atoms with Crippen molar-refractivity contribution in [3.63, 3.8) is 0 Å². The van der Waals surface area contributed by atoms with E-state index in [4.69, 9.17) is 4.74 Å². The summed E-state index contributed by atoms with van der Waals surface area (Å²) in [6.45, 7) is 4.26. The summed E-state index contributed by atoms with van der Waals surface area (Å²) in [7, 11) is 3.99. The zero-order chi connectivity index (χ0) is 14.4. The van der Waals surface area contributed by atoms with Gasteiger partial charge in [0.05, 0.1) is 7.11 Å². The van der Waals surface area contributed by atoms with Gasteiger partial charge in [0.2, 0.25) is 0 Å². The first-order valence-electron chi connectivity index (χ1n) is 7.80.